The van der Waals surface area contributed by atoms with E-state index in [4.69, 9.17) is 14.2 Å². The van der Waals surface area contributed by atoms with Crippen molar-refractivity contribution >= 4 is 28.5 Å². The highest BCUT2D eigenvalue weighted by molar-refractivity contribution is 6.04. The van der Waals surface area contributed by atoms with Gasteiger partial charge in [0.25, 0.3) is 5.91 Å². The van der Waals surface area contributed by atoms with E-state index in [2.05, 4.69) is 15.6 Å². The van der Waals surface area contributed by atoms with Crippen LogP contribution in [0, 0.1) is 0 Å². The van der Waals surface area contributed by atoms with Crippen LogP contribution in [0.1, 0.15) is 17.4 Å². The number of amides is 2. The quantitative estimate of drug-likeness (QED) is 0.617. The summed E-state index contributed by atoms with van der Waals surface area (Å²) in [7, 11) is 6.31. The molecule has 0 aliphatic rings. The van der Waals surface area contributed by atoms with Gasteiger partial charge in [0.05, 0.1) is 26.8 Å². The summed E-state index contributed by atoms with van der Waals surface area (Å²) in [6.07, 6.45) is 1.57. The zero-order valence-electron chi connectivity index (χ0n) is 17.5. The minimum atomic E-state index is -0.775. The van der Waals surface area contributed by atoms with Crippen molar-refractivity contribution in [1.82, 2.24) is 14.9 Å². The summed E-state index contributed by atoms with van der Waals surface area (Å²) in [6.45, 7) is 1.60. The Morgan fingerprint density at radius 1 is 1.07 bits per heavy atom. The molecule has 0 spiro atoms. The Hall–Kier alpha value is -3.75. The predicted molar refractivity (Wildman–Crippen MR) is 112 cm³/mol. The van der Waals surface area contributed by atoms with Crippen LogP contribution in [0.25, 0.3) is 10.9 Å². The average Bonchev–Trinajstić information content (AvgIpc) is 3.09. The van der Waals surface area contributed by atoms with Crippen molar-refractivity contribution in [2.24, 2.45) is 7.05 Å². The lowest BCUT2D eigenvalue weighted by molar-refractivity contribution is -0.117. The number of aryl methyl sites for hydroxylation is 1. The van der Waals surface area contributed by atoms with Crippen molar-refractivity contribution in [3.05, 3.63) is 42.2 Å². The van der Waals surface area contributed by atoms with Crippen molar-refractivity contribution in [2.75, 3.05) is 26.6 Å². The maximum atomic E-state index is 12.9. The topological polar surface area (TPSA) is 104 Å². The van der Waals surface area contributed by atoms with Gasteiger partial charge in [0.15, 0.2) is 11.5 Å². The number of ether oxygens (including phenoxy) is 3. The first-order chi connectivity index (χ1) is 14.4. The van der Waals surface area contributed by atoms with Gasteiger partial charge in [-0.3, -0.25) is 9.59 Å². The fourth-order valence-electron chi connectivity index (χ4n) is 3.21. The fourth-order valence-corrected chi connectivity index (χ4v) is 3.21. The summed E-state index contributed by atoms with van der Waals surface area (Å²) in [5.74, 6) is 1.01. The van der Waals surface area contributed by atoms with Crippen LogP contribution in [0.4, 0.5) is 5.82 Å². The molecule has 30 heavy (non-hydrogen) atoms. The van der Waals surface area contributed by atoms with Crippen LogP contribution >= 0.6 is 0 Å². The second kappa shape index (κ2) is 8.73. The Labute approximate surface area is 173 Å². The van der Waals surface area contributed by atoms with Crippen molar-refractivity contribution in [1.29, 1.82) is 0 Å². The Kier molecular flexibility index (Phi) is 6.10. The van der Waals surface area contributed by atoms with Gasteiger partial charge in [-0.25, -0.2) is 4.98 Å². The average molecular weight is 412 g/mol. The molecule has 0 aliphatic carbocycles. The Balaban J connectivity index is 1.88. The molecule has 0 saturated heterocycles. The molecule has 0 saturated carbocycles. The molecule has 9 heteroatoms. The monoisotopic (exact) mass is 412 g/mol. The summed E-state index contributed by atoms with van der Waals surface area (Å²) in [4.78, 5) is 29.3. The maximum Gasteiger partial charge on any atom is 0.268 e. The number of anilines is 1. The van der Waals surface area contributed by atoms with Crippen LogP contribution in [0.3, 0.4) is 0 Å². The molecule has 0 bridgehead atoms. The van der Waals surface area contributed by atoms with Crippen LogP contribution in [-0.4, -0.2) is 48.7 Å². The van der Waals surface area contributed by atoms with E-state index in [9.17, 15) is 9.59 Å². The van der Waals surface area contributed by atoms with E-state index in [-0.39, 0.29) is 5.91 Å². The first-order valence-corrected chi connectivity index (χ1v) is 9.22. The van der Waals surface area contributed by atoms with Gasteiger partial charge >= 0.3 is 0 Å². The Bertz CT molecular complexity index is 1080. The number of hydrogen-bond acceptors (Lipinski definition) is 6. The fraction of sp³-hybridized carbons (Fsp3) is 0.286. The summed E-state index contributed by atoms with van der Waals surface area (Å²) in [5.41, 5.74) is 1.03. The second-order valence-electron chi connectivity index (χ2n) is 6.57. The molecule has 1 aromatic carbocycles. The summed E-state index contributed by atoms with van der Waals surface area (Å²) in [5, 5.41) is 6.11. The highest BCUT2D eigenvalue weighted by Gasteiger charge is 2.24. The number of methoxy groups -OCH3 is 3. The van der Waals surface area contributed by atoms with Crippen molar-refractivity contribution in [3.8, 4) is 17.2 Å². The normalized spacial score (nSPS) is 11.6. The van der Waals surface area contributed by atoms with Gasteiger partial charge < -0.3 is 29.4 Å². The zero-order chi connectivity index (χ0) is 21.8. The first-order valence-electron chi connectivity index (χ1n) is 9.22. The van der Waals surface area contributed by atoms with Gasteiger partial charge in [-0.05, 0) is 31.2 Å². The summed E-state index contributed by atoms with van der Waals surface area (Å²) in [6, 6.07) is 7.88. The molecule has 0 radical (unpaired) electrons. The van der Waals surface area contributed by atoms with Gasteiger partial charge in [-0.15, -0.1) is 0 Å². The van der Waals surface area contributed by atoms with Crippen LogP contribution < -0.4 is 24.8 Å². The predicted octanol–water partition coefficient (Wildman–Crippen LogP) is 2.36. The number of carbonyl (C=O) groups excluding carboxylic acids is 2. The smallest absolute Gasteiger partial charge is 0.268 e. The number of nitrogens with one attached hydrogen (secondary N) is 2. The molecule has 2 N–H and O–H groups in total. The molecule has 2 aromatic heterocycles. The molecular weight excluding hydrogens is 388 g/mol. The molecule has 2 amide bonds. The Morgan fingerprint density at radius 2 is 1.80 bits per heavy atom. The number of nitrogens with zero attached hydrogens (tertiary/aromatic N) is 2. The van der Waals surface area contributed by atoms with Crippen LogP contribution in [0.5, 0.6) is 17.2 Å². The second-order valence-corrected chi connectivity index (χ2v) is 6.57. The number of aromatic nitrogens is 2. The molecule has 0 aliphatic heterocycles. The van der Waals surface area contributed by atoms with E-state index in [1.54, 1.807) is 55.1 Å². The molecule has 1 atom stereocenters. The third kappa shape index (κ3) is 3.86. The molecule has 3 aromatic rings. The van der Waals surface area contributed by atoms with E-state index in [0.717, 1.165) is 5.39 Å². The first kappa shape index (κ1) is 21.0. The van der Waals surface area contributed by atoms with E-state index >= 15 is 0 Å². The van der Waals surface area contributed by atoms with Crippen molar-refractivity contribution in [2.45, 2.75) is 13.0 Å². The number of fused-ring (bicyclic) bond motifs is 1. The standard InChI is InChI=1S/C21H24N4O5/c1-12(20(26)24-16-8-6-7-9-22-16)23-21(27)14-10-13-11-15(28-3)18(29-4)19(30-5)17(13)25(14)2/h6-12H,1-5H3,(H,23,27)(H,22,24,26)/t12-/m1/s1. The van der Waals surface area contributed by atoms with Crippen LogP contribution in [0.15, 0.2) is 36.5 Å². The SMILES string of the molecule is COc1cc2cc(C(=O)N[C@H](C)C(=O)Nc3ccccn3)n(C)c2c(OC)c1OC. The molecule has 3 rings (SSSR count). The van der Waals surface area contributed by atoms with E-state index in [1.807, 2.05) is 0 Å². The van der Waals surface area contributed by atoms with Gasteiger partial charge in [-0.2, -0.15) is 0 Å². The molecule has 0 unspecified atom stereocenters. The molecule has 0 fully saturated rings. The summed E-state index contributed by atoms with van der Waals surface area (Å²) >= 11 is 0. The number of carbonyl (C=O) groups is 2. The van der Waals surface area contributed by atoms with E-state index < -0.39 is 11.9 Å². The Morgan fingerprint density at radius 3 is 2.40 bits per heavy atom. The van der Waals surface area contributed by atoms with Gasteiger partial charge in [0.2, 0.25) is 11.7 Å². The molecule has 9 nitrogen and oxygen atoms in total. The number of benzene rings is 1. The summed E-state index contributed by atoms with van der Waals surface area (Å²) < 4.78 is 18.0. The lowest BCUT2D eigenvalue weighted by Gasteiger charge is -2.15. The minimum Gasteiger partial charge on any atom is -0.493 e. The lowest BCUT2D eigenvalue weighted by atomic mass is 10.2. The highest BCUT2D eigenvalue weighted by atomic mass is 16.5. The lowest BCUT2D eigenvalue weighted by Crippen LogP contribution is -2.42. The number of hydrogen-bond donors (Lipinski definition) is 2. The van der Waals surface area contributed by atoms with Crippen LogP contribution in [0.2, 0.25) is 0 Å². The maximum absolute atomic E-state index is 12.9. The van der Waals surface area contributed by atoms with E-state index in [0.29, 0.717) is 34.3 Å². The molecule has 2 heterocycles. The van der Waals surface area contributed by atoms with E-state index in [1.165, 1.54) is 21.3 Å². The molecular formula is C21H24N4O5. The van der Waals surface area contributed by atoms with Crippen LogP contribution in [-0.2, 0) is 11.8 Å². The van der Waals surface area contributed by atoms with Crippen molar-refractivity contribution in [3.63, 3.8) is 0 Å². The zero-order valence-corrected chi connectivity index (χ0v) is 17.5. The highest BCUT2D eigenvalue weighted by Crippen LogP contribution is 2.44. The van der Waals surface area contributed by atoms with Gasteiger partial charge in [-0.1, -0.05) is 6.07 Å². The number of rotatable bonds is 7. The van der Waals surface area contributed by atoms with Crippen molar-refractivity contribution < 1.29 is 23.8 Å². The molecule has 158 valence electrons. The van der Waals surface area contributed by atoms with Gasteiger partial charge in [0, 0.05) is 18.6 Å². The number of pyridine rings is 1. The minimum absolute atomic E-state index is 0.357. The third-order valence-corrected chi connectivity index (χ3v) is 4.71. The largest absolute Gasteiger partial charge is 0.493 e. The van der Waals surface area contributed by atoms with Gasteiger partial charge in [0.1, 0.15) is 17.6 Å². The third-order valence-electron chi connectivity index (χ3n) is 4.71.